The first-order valence-electron chi connectivity index (χ1n) is 6.12. The third-order valence-corrected chi connectivity index (χ3v) is 3.15. The Hall–Kier alpha value is -2.82. The van der Waals surface area contributed by atoms with Crippen molar-refractivity contribution in [1.29, 1.82) is 0 Å². The average molecular weight is 265 g/mol. The highest BCUT2D eigenvalue weighted by atomic mass is 16.6. The molecule has 1 aromatic heterocycles. The molecule has 5 nitrogen and oxygen atoms in total. The minimum absolute atomic E-state index is 0.0949. The number of hydrogen-bond acceptors (Lipinski definition) is 4. The van der Waals surface area contributed by atoms with Gasteiger partial charge in [-0.2, -0.15) is 0 Å². The second kappa shape index (κ2) is 4.70. The lowest BCUT2D eigenvalue weighted by atomic mass is 10.1. The van der Waals surface area contributed by atoms with Gasteiger partial charge in [0.05, 0.1) is 27.8 Å². The Bertz CT molecular complexity index is 815. The summed E-state index contributed by atoms with van der Waals surface area (Å²) in [5.41, 5.74) is 3.63. The molecule has 0 N–H and O–H groups in total. The Morgan fingerprint density at radius 1 is 1.10 bits per heavy atom. The number of nitro benzene ring substituents is 1. The molecular weight excluding hydrogens is 254 g/mol. The molecule has 20 heavy (non-hydrogen) atoms. The molecule has 1 heterocycles. The first kappa shape index (κ1) is 12.2. The third kappa shape index (κ3) is 2.09. The summed E-state index contributed by atoms with van der Waals surface area (Å²) >= 11 is 0. The second-order valence-corrected chi connectivity index (χ2v) is 4.50. The fourth-order valence-electron chi connectivity index (χ4n) is 2.06. The summed E-state index contributed by atoms with van der Waals surface area (Å²) in [5, 5.41) is 11.0. The monoisotopic (exact) mass is 265 g/mol. The Labute approximate surface area is 115 Å². The highest BCUT2D eigenvalue weighted by Gasteiger charge is 2.12. The lowest BCUT2D eigenvalue weighted by Crippen LogP contribution is -1.94. The molecule has 0 bridgehead atoms. The number of nitro groups is 1. The number of para-hydroxylation sites is 2. The average Bonchev–Trinajstić information content (AvgIpc) is 2.47. The summed E-state index contributed by atoms with van der Waals surface area (Å²) < 4.78 is 0. The van der Waals surface area contributed by atoms with E-state index in [1.54, 1.807) is 19.2 Å². The fraction of sp³-hybridized carbons (Fsp3) is 0.0667. The molecule has 0 saturated carbocycles. The van der Waals surface area contributed by atoms with Gasteiger partial charge in [-0.3, -0.25) is 15.1 Å². The molecule has 3 rings (SSSR count). The van der Waals surface area contributed by atoms with Crippen LogP contribution in [0.4, 0.5) is 5.69 Å². The van der Waals surface area contributed by atoms with Crippen molar-refractivity contribution >= 4 is 16.7 Å². The largest absolute Gasteiger partial charge is 0.272 e. The predicted octanol–water partition coefficient (Wildman–Crippen LogP) is 3.51. The van der Waals surface area contributed by atoms with E-state index >= 15 is 0 Å². The summed E-state index contributed by atoms with van der Waals surface area (Å²) in [7, 11) is 0. The van der Waals surface area contributed by atoms with Crippen molar-refractivity contribution in [3.05, 3.63) is 64.3 Å². The third-order valence-electron chi connectivity index (χ3n) is 3.15. The normalized spacial score (nSPS) is 10.7. The minimum atomic E-state index is -0.382. The van der Waals surface area contributed by atoms with Crippen molar-refractivity contribution in [3.63, 3.8) is 0 Å². The molecule has 0 aliphatic heterocycles. The van der Waals surface area contributed by atoms with Crippen molar-refractivity contribution in [1.82, 2.24) is 9.97 Å². The van der Waals surface area contributed by atoms with Crippen molar-refractivity contribution in [3.8, 4) is 11.3 Å². The maximum Gasteiger partial charge on any atom is 0.272 e. The Kier molecular flexibility index (Phi) is 2.87. The van der Waals surface area contributed by atoms with Gasteiger partial charge in [0.2, 0.25) is 0 Å². The molecule has 0 spiro atoms. The van der Waals surface area contributed by atoms with Gasteiger partial charge < -0.3 is 0 Å². The highest BCUT2D eigenvalue weighted by Crippen LogP contribution is 2.26. The number of fused-ring (bicyclic) bond motifs is 1. The van der Waals surface area contributed by atoms with Crippen molar-refractivity contribution < 1.29 is 4.92 Å². The molecule has 0 radical (unpaired) electrons. The molecular formula is C15H11N3O2. The molecule has 3 aromatic rings. The van der Waals surface area contributed by atoms with Gasteiger partial charge >= 0.3 is 0 Å². The lowest BCUT2D eigenvalue weighted by molar-refractivity contribution is -0.385. The number of rotatable bonds is 2. The van der Waals surface area contributed by atoms with E-state index in [1.165, 1.54) is 6.07 Å². The van der Waals surface area contributed by atoms with Gasteiger partial charge in [-0.15, -0.1) is 0 Å². The van der Waals surface area contributed by atoms with Gasteiger partial charge in [-0.1, -0.05) is 24.3 Å². The number of benzene rings is 2. The van der Waals surface area contributed by atoms with Gasteiger partial charge in [0.1, 0.15) is 0 Å². The van der Waals surface area contributed by atoms with Crippen LogP contribution in [0.15, 0.2) is 48.7 Å². The number of aryl methyl sites for hydroxylation is 1. The SMILES string of the molecule is Cc1ccc(-c2cnc3ccccc3n2)cc1[N+](=O)[O-]. The van der Waals surface area contributed by atoms with E-state index in [9.17, 15) is 10.1 Å². The van der Waals surface area contributed by atoms with Gasteiger partial charge in [-0.05, 0) is 19.1 Å². The molecule has 5 heteroatoms. The summed E-state index contributed by atoms with van der Waals surface area (Å²) in [4.78, 5) is 19.4. The smallest absolute Gasteiger partial charge is 0.258 e. The predicted molar refractivity (Wildman–Crippen MR) is 76.4 cm³/mol. The first-order chi connectivity index (χ1) is 9.65. The number of nitrogens with zero attached hydrogens (tertiary/aromatic N) is 3. The number of hydrogen-bond donors (Lipinski definition) is 0. The van der Waals surface area contributed by atoms with E-state index in [0.29, 0.717) is 16.8 Å². The summed E-state index contributed by atoms with van der Waals surface area (Å²) in [6, 6.07) is 12.6. The number of aromatic nitrogens is 2. The van der Waals surface area contributed by atoms with Gasteiger partial charge in [-0.25, -0.2) is 4.98 Å². The summed E-state index contributed by atoms with van der Waals surface area (Å²) in [6.07, 6.45) is 1.64. The van der Waals surface area contributed by atoms with E-state index in [4.69, 9.17) is 0 Å². The van der Waals surface area contributed by atoms with Crippen LogP contribution in [0.5, 0.6) is 0 Å². The zero-order valence-electron chi connectivity index (χ0n) is 10.8. The van der Waals surface area contributed by atoms with Crippen LogP contribution in [0.1, 0.15) is 5.56 Å². The van der Waals surface area contributed by atoms with Gasteiger partial charge in [0.25, 0.3) is 5.69 Å². The maximum absolute atomic E-state index is 11.0. The highest BCUT2D eigenvalue weighted by molar-refractivity contribution is 5.77. The molecule has 0 unspecified atom stereocenters. The lowest BCUT2D eigenvalue weighted by Gasteiger charge is -2.04. The van der Waals surface area contributed by atoms with E-state index in [1.807, 2.05) is 30.3 Å². The summed E-state index contributed by atoms with van der Waals surface area (Å²) in [6.45, 7) is 1.72. The van der Waals surface area contributed by atoms with Gasteiger partial charge in [0.15, 0.2) is 0 Å². The molecule has 0 atom stereocenters. The molecule has 2 aromatic carbocycles. The first-order valence-corrected chi connectivity index (χ1v) is 6.12. The molecule has 0 aliphatic rings. The molecule has 0 fully saturated rings. The Balaban J connectivity index is 2.15. The van der Waals surface area contributed by atoms with E-state index in [-0.39, 0.29) is 10.6 Å². The van der Waals surface area contributed by atoms with E-state index in [2.05, 4.69) is 9.97 Å². The van der Waals surface area contributed by atoms with Crippen LogP contribution in [0.25, 0.3) is 22.3 Å². The molecule has 0 aliphatic carbocycles. The van der Waals surface area contributed by atoms with E-state index < -0.39 is 0 Å². The van der Waals surface area contributed by atoms with Crippen LogP contribution in [0.3, 0.4) is 0 Å². The van der Waals surface area contributed by atoms with Crippen LogP contribution < -0.4 is 0 Å². The van der Waals surface area contributed by atoms with Crippen molar-refractivity contribution in [2.45, 2.75) is 6.92 Å². The zero-order valence-corrected chi connectivity index (χ0v) is 10.8. The van der Waals surface area contributed by atoms with Gasteiger partial charge in [0, 0.05) is 17.2 Å². The molecule has 0 saturated heterocycles. The Morgan fingerprint density at radius 3 is 2.60 bits per heavy atom. The van der Waals surface area contributed by atoms with E-state index in [0.717, 1.165) is 11.0 Å². The molecule has 98 valence electrons. The summed E-state index contributed by atoms with van der Waals surface area (Å²) in [5.74, 6) is 0. The van der Waals surface area contributed by atoms with Crippen LogP contribution in [0, 0.1) is 17.0 Å². The van der Waals surface area contributed by atoms with Crippen molar-refractivity contribution in [2.75, 3.05) is 0 Å². The van der Waals surface area contributed by atoms with Crippen LogP contribution >= 0.6 is 0 Å². The Morgan fingerprint density at radius 2 is 1.85 bits per heavy atom. The molecule has 0 amide bonds. The second-order valence-electron chi connectivity index (χ2n) is 4.50. The minimum Gasteiger partial charge on any atom is -0.258 e. The fourth-order valence-corrected chi connectivity index (χ4v) is 2.06. The van der Waals surface area contributed by atoms with Crippen LogP contribution in [-0.4, -0.2) is 14.9 Å². The topological polar surface area (TPSA) is 68.9 Å². The van der Waals surface area contributed by atoms with Crippen LogP contribution in [0.2, 0.25) is 0 Å². The van der Waals surface area contributed by atoms with Crippen molar-refractivity contribution in [2.24, 2.45) is 0 Å². The standard InChI is InChI=1S/C15H11N3O2/c1-10-6-7-11(8-15(10)18(19)20)14-9-16-12-4-2-3-5-13(12)17-14/h2-9H,1H3. The van der Waals surface area contributed by atoms with Crippen LogP contribution in [-0.2, 0) is 0 Å². The quantitative estimate of drug-likeness (QED) is 0.525. The maximum atomic E-state index is 11.0. The zero-order chi connectivity index (χ0) is 14.1.